The van der Waals surface area contributed by atoms with Crippen LogP contribution in [0.25, 0.3) is 0 Å². The van der Waals surface area contributed by atoms with E-state index in [-0.39, 0.29) is 6.42 Å². The highest BCUT2D eigenvalue weighted by atomic mass is 16.1. The molecule has 10 heavy (non-hydrogen) atoms. The van der Waals surface area contributed by atoms with Gasteiger partial charge in [-0.05, 0) is 0 Å². The molecule has 0 spiro atoms. The first-order valence-corrected chi connectivity index (χ1v) is 2.74. The molecule has 0 saturated carbocycles. The minimum Gasteiger partial charge on any atom is -0.369 e. The van der Waals surface area contributed by atoms with Crippen LogP contribution < -0.4 is 5.73 Å². The van der Waals surface area contributed by atoms with Crippen LogP contribution >= 0.6 is 0 Å². The maximum atomic E-state index is 10.3. The fraction of sp³-hybridized carbons (Fsp3) is 0.600. The van der Waals surface area contributed by atoms with E-state index >= 15 is 0 Å². The van der Waals surface area contributed by atoms with Gasteiger partial charge in [0.2, 0.25) is 5.91 Å². The zero-order chi connectivity index (χ0) is 7.98. The van der Waals surface area contributed by atoms with Crippen molar-refractivity contribution in [2.45, 2.75) is 6.42 Å². The molecule has 2 N–H and O–H groups in total. The summed E-state index contributed by atoms with van der Waals surface area (Å²) in [5.41, 5.74) is 4.88. The topological polar surface area (TPSA) is 80.2 Å². The molecule has 0 atom stereocenters. The van der Waals surface area contributed by atoms with Crippen LogP contribution in [-0.4, -0.2) is 25.8 Å². The molecule has 0 rings (SSSR count). The number of rotatable bonds is 2. The minimum absolute atomic E-state index is 0.0494. The second kappa shape index (κ2) is 4.60. The quantitative estimate of drug-likeness (QED) is 0.328. The number of amides is 1. The van der Waals surface area contributed by atoms with Gasteiger partial charge in [0.1, 0.15) is 0 Å². The smallest absolute Gasteiger partial charge is 0.225 e. The zero-order valence-corrected chi connectivity index (χ0v) is 6.03. The molecule has 5 heteroatoms. The third kappa shape index (κ3) is 3.71. The Kier molecular flexibility index (Phi) is 4.02. The van der Waals surface area contributed by atoms with Crippen molar-refractivity contribution in [3.63, 3.8) is 0 Å². The molecule has 0 aromatic carbocycles. The molecular formula is C5H10N4O. The van der Waals surface area contributed by atoms with Crippen LogP contribution in [0.5, 0.6) is 0 Å². The molecule has 0 fully saturated rings. The first kappa shape index (κ1) is 8.74. The number of nitrogens with zero attached hydrogens (tertiary/aromatic N) is 3. The molecule has 1 amide bonds. The summed E-state index contributed by atoms with van der Waals surface area (Å²) in [6.07, 6.45) is 0.0494. The number of azo groups is 1. The van der Waals surface area contributed by atoms with Gasteiger partial charge in [0, 0.05) is 14.1 Å². The summed E-state index contributed by atoms with van der Waals surface area (Å²) >= 11 is 0. The maximum absolute atomic E-state index is 10.3. The van der Waals surface area contributed by atoms with Crippen molar-refractivity contribution < 1.29 is 4.79 Å². The van der Waals surface area contributed by atoms with Gasteiger partial charge in [-0.3, -0.25) is 9.79 Å². The molecule has 5 nitrogen and oxygen atoms in total. The van der Waals surface area contributed by atoms with Crippen molar-refractivity contribution in [2.24, 2.45) is 21.0 Å². The van der Waals surface area contributed by atoms with Crippen molar-refractivity contribution >= 4 is 11.7 Å². The predicted octanol–water partition coefficient (Wildman–Crippen LogP) is -0.0279. The molecular weight excluding hydrogens is 132 g/mol. The molecule has 0 aromatic heterocycles. The van der Waals surface area contributed by atoms with Gasteiger partial charge in [0.15, 0.2) is 5.84 Å². The fourth-order valence-electron chi connectivity index (χ4n) is 0.430. The lowest BCUT2D eigenvalue weighted by Gasteiger charge is -1.91. The SMILES string of the molecule is CN=NC(CC(N)=O)=NC. The van der Waals surface area contributed by atoms with Crippen LogP contribution in [-0.2, 0) is 4.79 Å². The van der Waals surface area contributed by atoms with Crippen molar-refractivity contribution in [1.29, 1.82) is 0 Å². The van der Waals surface area contributed by atoms with E-state index in [4.69, 9.17) is 5.73 Å². The molecule has 0 aliphatic rings. The van der Waals surface area contributed by atoms with Crippen LogP contribution in [0.3, 0.4) is 0 Å². The van der Waals surface area contributed by atoms with Crippen LogP contribution in [0.15, 0.2) is 15.2 Å². The second-order valence-electron chi connectivity index (χ2n) is 1.58. The normalized spacial score (nSPS) is 12.4. The Morgan fingerprint density at radius 1 is 1.50 bits per heavy atom. The van der Waals surface area contributed by atoms with Gasteiger partial charge in [-0.25, -0.2) is 0 Å². The van der Waals surface area contributed by atoms with E-state index in [2.05, 4.69) is 15.2 Å². The number of carbonyl (C=O) groups excluding carboxylic acids is 1. The Balaban J connectivity index is 3.98. The summed E-state index contributed by atoms with van der Waals surface area (Å²) in [5.74, 6) is -0.0944. The van der Waals surface area contributed by atoms with Gasteiger partial charge < -0.3 is 5.73 Å². The number of carbonyl (C=O) groups is 1. The fourth-order valence-corrected chi connectivity index (χ4v) is 0.430. The number of hydrogen-bond donors (Lipinski definition) is 1. The second-order valence-corrected chi connectivity index (χ2v) is 1.58. The molecule has 0 unspecified atom stereocenters. The van der Waals surface area contributed by atoms with Gasteiger partial charge in [-0.2, -0.15) is 5.11 Å². The van der Waals surface area contributed by atoms with Crippen LogP contribution in [0.1, 0.15) is 6.42 Å². The Morgan fingerprint density at radius 3 is 2.40 bits per heavy atom. The Morgan fingerprint density at radius 2 is 2.10 bits per heavy atom. The third-order valence-electron chi connectivity index (χ3n) is 0.806. The van der Waals surface area contributed by atoms with Crippen molar-refractivity contribution in [3.05, 3.63) is 0 Å². The highest BCUT2D eigenvalue weighted by Crippen LogP contribution is 1.87. The summed E-state index contributed by atoms with van der Waals surface area (Å²) < 4.78 is 0. The van der Waals surface area contributed by atoms with Crippen LogP contribution in [0.2, 0.25) is 0 Å². The van der Waals surface area contributed by atoms with E-state index in [9.17, 15) is 4.79 Å². The Hall–Kier alpha value is -1.26. The van der Waals surface area contributed by atoms with Crippen molar-refractivity contribution in [2.75, 3.05) is 14.1 Å². The summed E-state index contributed by atoms with van der Waals surface area (Å²) in [6, 6.07) is 0. The number of amidine groups is 1. The van der Waals surface area contributed by atoms with Gasteiger partial charge >= 0.3 is 0 Å². The van der Waals surface area contributed by atoms with E-state index < -0.39 is 5.91 Å². The Bertz CT molecular complexity index is 172. The largest absolute Gasteiger partial charge is 0.369 e. The van der Waals surface area contributed by atoms with Gasteiger partial charge in [-0.1, -0.05) is 0 Å². The molecule has 0 aromatic rings. The summed E-state index contributed by atoms with van der Waals surface area (Å²) in [5, 5.41) is 7.00. The monoisotopic (exact) mass is 142 g/mol. The predicted molar refractivity (Wildman–Crippen MR) is 38.0 cm³/mol. The van der Waals surface area contributed by atoms with E-state index in [1.165, 1.54) is 14.1 Å². The third-order valence-corrected chi connectivity index (χ3v) is 0.806. The van der Waals surface area contributed by atoms with Crippen molar-refractivity contribution in [3.8, 4) is 0 Å². The summed E-state index contributed by atoms with van der Waals surface area (Å²) in [6.45, 7) is 0. The van der Waals surface area contributed by atoms with Gasteiger partial charge in [-0.15, -0.1) is 5.11 Å². The standard InChI is InChI=1S/C5H10N4O/c1-7-5(9-8-2)3-4(6)10/h3H2,1-2H3,(H2,6,10). The number of primary amides is 1. The molecule has 0 saturated heterocycles. The lowest BCUT2D eigenvalue weighted by Crippen LogP contribution is -2.14. The maximum Gasteiger partial charge on any atom is 0.225 e. The Labute approximate surface area is 59.0 Å². The lowest BCUT2D eigenvalue weighted by molar-refractivity contribution is -0.116. The molecule has 56 valence electrons. The highest BCUT2D eigenvalue weighted by molar-refractivity contribution is 5.99. The summed E-state index contributed by atoms with van der Waals surface area (Å²) in [4.78, 5) is 14.0. The van der Waals surface area contributed by atoms with E-state index in [1.807, 2.05) is 0 Å². The molecule has 0 bridgehead atoms. The first-order valence-electron chi connectivity index (χ1n) is 2.74. The van der Waals surface area contributed by atoms with Crippen molar-refractivity contribution in [1.82, 2.24) is 0 Å². The summed E-state index contributed by atoms with van der Waals surface area (Å²) in [7, 11) is 3.04. The zero-order valence-electron chi connectivity index (χ0n) is 6.03. The van der Waals surface area contributed by atoms with E-state index in [0.29, 0.717) is 5.84 Å². The highest BCUT2D eigenvalue weighted by Gasteiger charge is 1.99. The molecule has 0 aliphatic carbocycles. The number of nitrogens with two attached hydrogens (primary N) is 1. The van der Waals surface area contributed by atoms with Crippen LogP contribution in [0.4, 0.5) is 0 Å². The van der Waals surface area contributed by atoms with E-state index in [1.54, 1.807) is 0 Å². The average molecular weight is 142 g/mol. The average Bonchev–Trinajstić information content (AvgIpc) is 1.86. The first-order chi connectivity index (χ1) is 4.70. The number of aliphatic imine (C=N–C) groups is 1. The van der Waals surface area contributed by atoms with E-state index in [0.717, 1.165) is 0 Å². The number of hydrogen-bond acceptors (Lipinski definition) is 3. The van der Waals surface area contributed by atoms with Gasteiger partial charge in [0.25, 0.3) is 0 Å². The molecule has 0 radical (unpaired) electrons. The van der Waals surface area contributed by atoms with Crippen LogP contribution in [0, 0.1) is 0 Å². The molecule has 0 heterocycles. The minimum atomic E-state index is -0.451. The lowest BCUT2D eigenvalue weighted by atomic mass is 10.4. The van der Waals surface area contributed by atoms with Gasteiger partial charge in [0.05, 0.1) is 6.42 Å². The molecule has 0 aliphatic heterocycles.